The van der Waals surface area contributed by atoms with Crippen LogP contribution in [0.15, 0.2) is 78.9 Å². The van der Waals surface area contributed by atoms with Crippen molar-refractivity contribution in [2.45, 2.75) is 31.6 Å². The number of nitrogens with zero attached hydrogens (tertiary/aromatic N) is 1. The van der Waals surface area contributed by atoms with Gasteiger partial charge in [0.25, 0.3) is 5.91 Å². The Morgan fingerprint density at radius 3 is 2.34 bits per heavy atom. The molecule has 1 N–H and O–H groups in total. The summed E-state index contributed by atoms with van der Waals surface area (Å²) in [6, 6.07) is 21.0. The Hall–Kier alpha value is -3.32. The lowest BCUT2D eigenvalue weighted by Gasteiger charge is -2.39. The Morgan fingerprint density at radius 1 is 0.943 bits per heavy atom. The van der Waals surface area contributed by atoms with E-state index in [4.69, 9.17) is 11.6 Å². The molecular weight excluding hydrogens is 477 g/mol. The molecule has 4 nitrogen and oxygen atoms in total. The van der Waals surface area contributed by atoms with E-state index in [2.05, 4.69) is 5.32 Å². The van der Waals surface area contributed by atoms with Crippen molar-refractivity contribution in [3.8, 4) is 0 Å². The number of alkyl halides is 3. The summed E-state index contributed by atoms with van der Waals surface area (Å²) < 4.78 is 38.9. The van der Waals surface area contributed by atoms with E-state index < -0.39 is 17.7 Å². The molecule has 2 amide bonds. The first kappa shape index (κ1) is 24.8. The zero-order valence-corrected chi connectivity index (χ0v) is 19.5. The van der Waals surface area contributed by atoms with Crippen LogP contribution in [0.2, 0.25) is 5.02 Å². The summed E-state index contributed by atoms with van der Waals surface area (Å²) >= 11 is 5.97. The maximum Gasteiger partial charge on any atom is 0.416 e. The first-order valence-corrected chi connectivity index (χ1v) is 11.7. The highest BCUT2D eigenvalue weighted by Crippen LogP contribution is 2.35. The van der Waals surface area contributed by atoms with Crippen LogP contribution in [0.25, 0.3) is 0 Å². The molecule has 3 aromatic carbocycles. The second kappa shape index (κ2) is 10.5. The van der Waals surface area contributed by atoms with Gasteiger partial charge >= 0.3 is 6.18 Å². The van der Waals surface area contributed by atoms with Crippen molar-refractivity contribution < 1.29 is 22.8 Å². The molecule has 0 aromatic heterocycles. The van der Waals surface area contributed by atoms with Crippen LogP contribution in [0.4, 0.5) is 13.2 Å². The fourth-order valence-corrected chi connectivity index (χ4v) is 4.51. The second-order valence-electron chi connectivity index (χ2n) is 8.58. The van der Waals surface area contributed by atoms with Crippen molar-refractivity contribution in [3.05, 3.63) is 106 Å². The highest BCUT2D eigenvalue weighted by Gasteiger charge is 2.36. The number of likely N-dealkylation sites (tertiary alicyclic amines) is 1. The standard InChI is InChI=1S/C27H24ClF3N2O2/c28-23-12-9-20(10-13-23)26(35)33-17-21(11-14-24(33)19-6-2-1-3-7-19)25(34)32-16-18-5-4-8-22(15-18)27(29,30)31/h1-10,12-13,15,21,24H,11,14,16-17H2,(H,32,34). The number of amides is 2. The SMILES string of the molecule is O=C(NCc1cccc(C(F)(F)F)c1)C1CCC(c2ccccc2)N(C(=O)c2ccc(Cl)cc2)C1. The van der Waals surface area contributed by atoms with Crippen LogP contribution in [-0.4, -0.2) is 23.3 Å². The van der Waals surface area contributed by atoms with Gasteiger partial charge in [-0.2, -0.15) is 13.2 Å². The van der Waals surface area contributed by atoms with Crippen LogP contribution >= 0.6 is 11.6 Å². The van der Waals surface area contributed by atoms with Crippen molar-refractivity contribution in [1.82, 2.24) is 10.2 Å². The van der Waals surface area contributed by atoms with E-state index in [9.17, 15) is 22.8 Å². The number of piperidine rings is 1. The highest BCUT2D eigenvalue weighted by atomic mass is 35.5. The van der Waals surface area contributed by atoms with E-state index >= 15 is 0 Å². The Morgan fingerprint density at radius 2 is 1.66 bits per heavy atom. The molecule has 8 heteroatoms. The first-order valence-electron chi connectivity index (χ1n) is 11.3. The number of hydrogen-bond acceptors (Lipinski definition) is 2. The average molecular weight is 501 g/mol. The third kappa shape index (κ3) is 6.03. The molecule has 0 bridgehead atoms. The van der Waals surface area contributed by atoms with Gasteiger partial charge in [0, 0.05) is 23.7 Å². The van der Waals surface area contributed by atoms with Crippen LogP contribution in [0.3, 0.4) is 0 Å². The van der Waals surface area contributed by atoms with Gasteiger partial charge in [-0.05, 0) is 60.4 Å². The minimum absolute atomic E-state index is 0.0213. The third-order valence-corrected chi connectivity index (χ3v) is 6.46. The summed E-state index contributed by atoms with van der Waals surface area (Å²) in [5, 5.41) is 3.27. The van der Waals surface area contributed by atoms with Gasteiger partial charge in [-0.25, -0.2) is 0 Å². The molecule has 182 valence electrons. The second-order valence-corrected chi connectivity index (χ2v) is 9.02. The molecule has 0 saturated carbocycles. The summed E-state index contributed by atoms with van der Waals surface area (Å²) in [4.78, 5) is 28.1. The van der Waals surface area contributed by atoms with Gasteiger partial charge in [0.1, 0.15) is 0 Å². The van der Waals surface area contributed by atoms with E-state index in [0.717, 1.165) is 17.7 Å². The lowest BCUT2D eigenvalue weighted by atomic mass is 9.87. The molecular formula is C27H24ClF3N2O2. The van der Waals surface area contributed by atoms with E-state index in [-0.39, 0.29) is 30.9 Å². The molecule has 35 heavy (non-hydrogen) atoms. The van der Waals surface area contributed by atoms with Crippen LogP contribution < -0.4 is 5.32 Å². The predicted octanol–water partition coefficient (Wildman–Crippen LogP) is 6.27. The Bertz CT molecular complexity index is 1180. The summed E-state index contributed by atoms with van der Waals surface area (Å²) in [5.74, 6) is -0.967. The number of benzene rings is 3. The van der Waals surface area contributed by atoms with Crippen LogP contribution in [0, 0.1) is 5.92 Å². The van der Waals surface area contributed by atoms with Crippen molar-refractivity contribution in [3.63, 3.8) is 0 Å². The van der Waals surface area contributed by atoms with Crippen LogP contribution in [0.1, 0.15) is 45.9 Å². The largest absolute Gasteiger partial charge is 0.416 e. The van der Waals surface area contributed by atoms with Crippen LogP contribution in [-0.2, 0) is 17.5 Å². The van der Waals surface area contributed by atoms with Gasteiger partial charge in [0.2, 0.25) is 5.91 Å². The molecule has 1 aliphatic heterocycles. The number of carbonyl (C=O) groups excluding carboxylic acids is 2. The highest BCUT2D eigenvalue weighted by molar-refractivity contribution is 6.30. The number of hydrogen-bond donors (Lipinski definition) is 1. The molecule has 0 aliphatic carbocycles. The predicted molar refractivity (Wildman–Crippen MR) is 128 cm³/mol. The van der Waals surface area contributed by atoms with Crippen molar-refractivity contribution in [1.29, 1.82) is 0 Å². The number of halogens is 4. The third-order valence-electron chi connectivity index (χ3n) is 6.21. The normalized spacial score (nSPS) is 18.2. The summed E-state index contributed by atoms with van der Waals surface area (Å²) in [6.45, 7) is 0.182. The summed E-state index contributed by atoms with van der Waals surface area (Å²) in [6.07, 6.45) is -3.30. The molecule has 1 fully saturated rings. The Kier molecular flexibility index (Phi) is 7.45. The maximum atomic E-state index is 13.4. The zero-order chi connectivity index (χ0) is 25.0. The molecule has 2 unspecified atom stereocenters. The quantitative estimate of drug-likeness (QED) is 0.449. The van der Waals surface area contributed by atoms with E-state index in [1.54, 1.807) is 29.2 Å². The molecule has 4 rings (SSSR count). The van der Waals surface area contributed by atoms with Crippen molar-refractivity contribution >= 4 is 23.4 Å². The van der Waals surface area contributed by atoms with Gasteiger partial charge in [-0.3, -0.25) is 9.59 Å². The molecule has 1 saturated heterocycles. The first-order chi connectivity index (χ1) is 16.7. The molecule has 1 heterocycles. The van der Waals surface area contributed by atoms with Crippen molar-refractivity contribution in [2.75, 3.05) is 6.54 Å². The monoisotopic (exact) mass is 500 g/mol. The minimum atomic E-state index is -4.45. The van der Waals surface area contributed by atoms with Crippen LogP contribution in [0.5, 0.6) is 0 Å². The van der Waals surface area contributed by atoms with E-state index in [0.29, 0.717) is 29.0 Å². The maximum absolute atomic E-state index is 13.4. The molecule has 3 aromatic rings. The van der Waals surface area contributed by atoms with Gasteiger partial charge in [-0.1, -0.05) is 54.1 Å². The van der Waals surface area contributed by atoms with E-state index in [1.807, 2.05) is 30.3 Å². The molecule has 0 spiro atoms. The van der Waals surface area contributed by atoms with E-state index in [1.165, 1.54) is 12.1 Å². The summed E-state index contributed by atoms with van der Waals surface area (Å²) in [7, 11) is 0. The van der Waals surface area contributed by atoms with Crippen molar-refractivity contribution in [2.24, 2.45) is 5.92 Å². The molecule has 2 atom stereocenters. The Labute approximate surface area is 206 Å². The van der Waals surface area contributed by atoms with Gasteiger partial charge in [0.15, 0.2) is 0 Å². The average Bonchev–Trinajstić information content (AvgIpc) is 2.87. The van der Waals surface area contributed by atoms with Gasteiger partial charge < -0.3 is 10.2 Å². The summed E-state index contributed by atoms with van der Waals surface area (Å²) in [5.41, 5.74) is 1.06. The lowest BCUT2D eigenvalue weighted by Crippen LogP contribution is -2.46. The zero-order valence-electron chi connectivity index (χ0n) is 18.8. The number of nitrogens with one attached hydrogen (secondary N) is 1. The smallest absolute Gasteiger partial charge is 0.352 e. The fourth-order valence-electron chi connectivity index (χ4n) is 4.38. The lowest BCUT2D eigenvalue weighted by molar-refractivity contribution is -0.137. The topological polar surface area (TPSA) is 49.4 Å². The minimum Gasteiger partial charge on any atom is -0.352 e. The van der Waals surface area contributed by atoms with Gasteiger partial charge in [-0.15, -0.1) is 0 Å². The fraction of sp³-hybridized carbons (Fsp3) is 0.259. The Balaban J connectivity index is 1.49. The van der Waals surface area contributed by atoms with Gasteiger partial charge in [0.05, 0.1) is 17.5 Å². The number of carbonyl (C=O) groups is 2. The molecule has 1 aliphatic rings. The molecule has 0 radical (unpaired) electrons. The number of rotatable bonds is 5.